The maximum absolute atomic E-state index is 13.5. The van der Waals surface area contributed by atoms with Gasteiger partial charge in [0.2, 0.25) is 0 Å². The van der Waals surface area contributed by atoms with Crippen molar-refractivity contribution >= 4 is 5.91 Å². The number of carbonyl (C=O) groups is 1. The van der Waals surface area contributed by atoms with Crippen molar-refractivity contribution in [3.63, 3.8) is 0 Å². The fourth-order valence-electron chi connectivity index (χ4n) is 4.46. The number of benzene rings is 2. The molecule has 0 aliphatic carbocycles. The third-order valence-electron chi connectivity index (χ3n) is 6.21. The van der Waals surface area contributed by atoms with Gasteiger partial charge < -0.3 is 10.1 Å². The molecule has 1 saturated heterocycles. The number of nitrogens with zero attached hydrogens (tertiary/aromatic N) is 2. The molecule has 0 spiro atoms. The Kier molecular flexibility index (Phi) is 7.35. The van der Waals surface area contributed by atoms with E-state index in [1.54, 1.807) is 19.2 Å². The molecule has 3 aromatic rings. The van der Waals surface area contributed by atoms with Gasteiger partial charge in [0.25, 0.3) is 5.91 Å². The quantitative estimate of drug-likeness (QED) is 0.563. The van der Waals surface area contributed by atoms with E-state index in [4.69, 9.17) is 9.72 Å². The molecule has 172 valence electrons. The number of nitrogens with one attached hydrogen (secondary N) is 1. The third kappa shape index (κ3) is 5.76. The van der Waals surface area contributed by atoms with Crippen molar-refractivity contribution in [2.75, 3.05) is 20.2 Å². The molecule has 1 aromatic heterocycles. The minimum Gasteiger partial charge on any atom is -0.496 e. The summed E-state index contributed by atoms with van der Waals surface area (Å²) >= 11 is 0. The number of aromatic nitrogens is 1. The Balaban J connectivity index is 1.42. The van der Waals surface area contributed by atoms with Crippen molar-refractivity contribution < 1.29 is 13.9 Å². The number of ether oxygens (including phenoxy) is 1. The van der Waals surface area contributed by atoms with E-state index in [1.807, 2.05) is 49.4 Å². The SMILES string of the molecule is COc1ccccc1CNC(=O)c1ccc(C)nc1C1CCN(Cc2cccc(F)c2)CC1. The lowest BCUT2D eigenvalue weighted by atomic mass is 9.89. The molecule has 1 N–H and O–H groups in total. The fraction of sp³-hybridized carbons (Fsp3) is 0.333. The van der Waals surface area contributed by atoms with Crippen molar-refractivity contribution in [3.8, 4) is 5.75 Å². The maximum Gasteiger partial charge on any atom is 0.253 e. The predicted octanol–water partition coefficient (Wildman–Crippen LogP) is 4.85. The summed E-state index contributed by atoms with van der Waals surface area (Å²) in [6.45, 7) is 4.86. The Bertz CT molecular complexity index is 1110. The number of piperidine rings is 1. The molecule has 0 unspecified atom stereocenters. The Hall–Kier alpha value is -3.25. The van der Waals surface area contributed by atoms with Gasteiger partial charge in [-0.05, 0) is 68.8 Å². The van der Waals surface area contributed by atoms with Crippen LogP contribution in [0.1, 0.15) is 51.6 Å². The third-order valence-corrected chi connectivity index (χ3v) is 6.21. The topological polar surface area (TPSA) is 54.5 Å². The highest BCUT2D eigenvalue weighted by Crippen LogP contribution is 2.30. The molecule has 6 heteroatoms. The lowest BCUT2D eigenvalue weighted by Crippen LogP contribution is -2.34. The molecule has 0 bridgehead atoms. The molecule has 0 atom stereocenters. The first-order chi connectivity index (χ1) is 16.0. The molecule has 2 aromatic carbocycles. The average molecular weight is 448 g/mol. The Morgan fingerprint density at radius 1 is 1.12 bits per heavy atom. The standard InChI is InChI=1S/C27H30FN3O2/c1-19-10-11-24(27(32)29-17-22-7-3-4-9-25(22)33-2)26(30-19)21-12-14-31(15-13-21)18-20-6-5-8-23(28)16-20/h3-11,16,21H,12-15,17-18H2,1-2H3,(H,29,32). The highest BCUT2D eigenvalue weighted by atomic mass is 19.1. The van der Waals surface area contributed by atoms with Gasteiger partial charge in [0.05, 0.1) is 18.4 Å². The molecule has 33 heavy (non-hydrogen) atoms. The van der Waals surface area contributed by atoms with Crippen LogP contribution in [-0.2, 0) is 13.1 Å². The minimum absolute atomic E-state index is 0.120. The van der Waals surface area contributed by atoms with Crippen molar-refractivity contribution in [1.29, 1.82) is 0 Å². The number of pyridine rings is 1. The summed E-state index contributed by atoms with van der Waals surface area (Å²) in [6.07, 6.45) is 1.83. The molecule has 4 rings (SSSR count). The van der Waals surface area contributed by atoms with Gasteiger partial charge in [-0.15, -0.1) is 0 Å². The molecule has 1 aliphatic rings. The zero-order valence-corrected chi connectivity index (χ0v) is 19.2. The van der Waals surface area contributed by atoms with Crippen LogP contribution in [0.25, 0.3) is 0 Å². The monoisotopic (exact) mass is 447 g/mol. The number of hydrogen-bond donors (Lipinski definition) is 1. The van der Waals surface area contributed by atoms with Crippen LogP contribution in [0.4, 0.5) is 4.39 Å². The number of rotatable bonds is 7. The lowest BCUT2D eigenvalue weighted by molar-refractivity contribution is 0.0947. The zero-order chi connectivity index (χ0) is 23.2. The predicted molar refractivity (Wildman–Crippen MR) is 127 cm³/mol. The van der Waals surface area contributed by atoms with Gasteiger partial charge in [-0.3, -0.25) is 14.7 Å². The van der Waals surface area contributed by atoms with Crippen LogP contribution in [0.5, 0.6) is 5.75 Å². The molecular weight excluding hydrogens is 417 g/mol. The summed E-state index contributed by atoms with van der Waals surface area (Å²) in [7, 11) is 1.63. The van der Waals surface area contributed by atoms with Gasteiger partial charge in [0, 0.05) is 30.3 Å². The summed E-state index contributed by atoms with van der Waals surface area (Å²) in [5, 5.41) is 3.03. The Labute approximate surface area is 194 Å². The summed E-state index contributed by atoms with van der Waals surface area (Å²) in [5.41, 5.74) is 4.34. The van der Waals surface area contributed by atoms with E-state index in [1.165, 1.54) is 6.07 Å². The zero-order valence-electron chi connectivity index (χ0n) is 19.2. The first kappa shape index (κ1) is 22.9. The molecule has 2 heterocycles. The van der Waals surface area contributed by atoms with Gasteiger partial charge in [-0.25, -0.2) is 4.39 Å². The average Bonchev–Trinajstić information content (AvgIpc) is 2.83. The van der Waals surface area contributed by atoms with E-state index in [-0.39, 0.29) is 17.6 Å². The summed E-state index contributed by atoms with van der Waals surface area (Å²) in [5.74, 6) is 0.659. The fourth-order valence-corrected chi connectivity index (χ4v) is 4.46. The van der Waals surface area contributed by atoms with Crippen LogP contribution in [0.3, 0.4) is 0 Å². The molecular formula is C27H30FN3O2. The van der Waals surface area contributed by atoms with Crippen LogP contribution >= 0.6 is 0 Å². The van der Waals surface area contributed by atoms with Crippen molar-refractivity contribution in [1.82, 2.24) is 15.2 Å². The van der Waals surface area contributed by atoms with E-state index in [0.29, 0.717) is 12.1 Å². The smallest absolute Gasteiger partial charge is 0.253 e. The van der Waals surface area contributed by atoms with E-state index >= 15 is 0 Å². The second kappa shape index (κ2) is 10.6. The highest BCUT2D eigenvalue weighted by Gasteiger charge is 2.26. The van der Waals surface area contributed by atoms with Crippen molar-refractivity contribution in [3.05, 3.63) is 94.6 Å². The molecule has 1 aliphatic heterocycles. The van der Waals surface area contributed by atoms with Gasteiger partial charge in [-0.2, -0.15) is 0 Å². The molecule has 1 fully saturated rings. The normalized spacial score (nSPS) is 14.8. The van der Waals surface area contributed by atoms with E-state index < -0.39 is 0 Å². The number of amides is 1. The van der Waals surface area contributed by atoms with Gasteiger partial charge >= 0.3 is 0 Å². The van der Waals surface area contributed by atoms with Gasteiger partial charge in [0.15, 0.2) is 0 Å². The summed E-state index contributed by atoms with van der Waals surface area (Å²) in [4.78, 5) is 20.2. The second-order valence-corrected chi connectivity index (χ2v) is 8.56. The van der Waals surface area contributed by atoms with Crippen molar-refractivity contribution in [2.24, 2.45) is 0 Å². The van der Waals surface area contributed by atoms with Gasteiger partial charge in [-0.1, -0.05) is 30.3 Å². The highest BCUT2D eigenvalue weighted by molar-refractivity contribution is 5.95. The summed E-state index contributed by atoms with van der Waals surface area (Å²) in [6, 6.07) is 18.2. The van der Waals surface area contributed by atoms with Crippen LogP contribution in [0.2, 0.25) is 0 Å². The Morgan fingerprint density at radius 2 is 1.91 bits per heavy atom. The maximum atomic E-state index is 13.5. The minimum atomic E-state index is -0.199. The number of hydrogen-bond acceptors (Lipinski definition) is 4. The molecule has 1 amide bonds. The number of methoxy groups -OCH3 is 1. The number of para-hydroxylation sites is 1. The molecule has 0 saturated carbocycles. The van der Waals surface area contributed by atoms with Crippen LogP contribution in [0.15, 0.2) is 60.7 Å². The molecule has 5 nitrogen and oxygen atoms in total. The largest absolute Gasteiger partial charge is 0.496 e. The second-order valence-electron chi connectivity index (χ2n) is 8.56. The van der Waals surface area contributed by atoms with E-state index in [2.05, 4.69) is 10.2 Å². The Morgan fingerprint density at radius 3 is 2.67 bits per heavy atom. The number of likely N-dealkylation sites (tertiary alicyclic amines) is 1. The van der Waals surface area contributed by atoms with Crippen LogP contribution in [-0.4, -0.2) is 36.0 Å². The summed E-state index contributed by atoms with van der Waals surface area (Å²) < 4.78 is 18.9. The first-order valence-electron chi connectivity index (χ1n) is 11.4. The van der Waals surface area contributed by atoms with Crippen molar-refractivity contribution in [2.45, 2.75) is 38.8 Å². The van der Waals surface area contributed by atoms with Crippen LogP contribution < -0.4 is 10.1 Å². The first-order valence-corrected chi connectivity index (χ1v) is 11.4. The lowest BCUT2D eigenvalue weighted by Gasteiger charge is -2.32. The number of aryl methyl sites for hydroxylation is 1. The van der Waals surface area contributed by atoms with Crippen LogP contribution in [0, 0.1) is 12.7 Å². The van der Waals surface area contributed by atoms with E-state index in [9.17, 15) is 9.18 Å². The number of carbonyl (C=O) groups excluding carboxylic acids is 1. The van der Waals surface area contributed by atoms with Gasteiger partial charge in [0.1, 0.15) is 11.6 Å². The molecule has 0 radical (unpaired) electrons. The number of halogens is 1. The van der Waals surface area contributed by atoms with E-state index in [0.717, 1.165) is 60.7 Å².